The predicted molar refractivity (Wildman–Crippen MR) is 164 cm³/mol. The molecule has 1 aromatic heterocycles. The molecule has 1 unspecified atom stereocenters. The number of carboxylic acid groups (broad SMARTS) is 1. The van der Waals surface area contributed by atoms with Crippen molar-refractivity contribution < 1.29 is 19.4 Å². The van der Waals surface area contributed by atoms with Gasteiger partial charge in [0.1, 0.15) is 0 Å². The number of carbonyl (C=O) groups is 2. The topological polar surface area (TPSA) is 75.0 Å². The van der Waals surface area contributed by atoms with E-state index in [1.165, 1.54) is 30.5 Å². The minimum Gasteiger partial charge on any atom is -0.478 e. The summed E-state index contributed by atoms with van der Waals surface area (Å²) in [7, 11) is 0. The van der Waals surface area contributed by atoms with Gasteiger partial charge in [-0.2, -0.15) is 0 Å². The second-order valence-electron chi connectivity index (χ2n) is 11.8. The lowest BCUT2D eigenvalue weighted by Gasteiger charge is -2.32. The minimum atomic E-state index is -0.922. The van der Waals surface area contributed by atoms with Crippen LogP contribution in [0.5, 0.6) is 0 Å². The molecule has 4 aromatic rings. The minimum absolute atomic E-state index is 0.108. The molecule has 216 valence electrons. The second-order valence-corrected chi connectivity index (χ2v) is 11.8. The Morgan fingerprint density at radius 3 is 2.38 bits per heavy atom. The van der Waals surface area contributed by atoms with Gasteiger partial charge in [-0.3, -0.25) is 4.79 Å². The fourth-order valence-electron chi connectivity index (χ4n) is 7.37. The van der Waals surface area contributed by atoms with E-state index in [1.54, 1.807) is 6.07 Å². The van der Waals surface area contributed by atoms with Crippen molar-refractivity contribution in [1.29, 1.82) is 0 Å². The van der Waals surface area contributed by atoms with E-state index in [0.717, 1.165) is 40.6 Å². The van der Waals surface area contributed by atoms with E-state index in [9.17, 15) is 14.7 Å². The highest BCUT2D eigenvalue weighted by molar-refractivity contribution is 6.00. The molecule has 1 N–H and O–H groups in total. The number of aromatic carboxylic acids is 1. The van der Waals surface area contributed by atoms with Crippen LogP contribution in [0.15, 0.2) is 72.8 Å². The molecule has 3 heterocycles. The summed E-state index contributed by atoms with van der Waals surface area (Å²) < 4.78 is 7.91. The van der Waals surface area contributed by atoms with Crippen LogP contribution in [0, 0.1) is 0 Å². The third kappa shape index (κ3) is 4.75. The van der Waals surface area contributed by atoms with Crippen LogP contribution in [0.4, 0.5) is 5.69 Å². The quantitative estimate of drug-likeness (QED) is 0.308. The molecule has 1 saturated heterocycles. The van der Waals surface area contributed by atoms with Crippen LogP contribution in [0.3, 0.4) is 0 Å². The van der Waals surface area contributed by atoms with E-state index in [2.05, 4.69) is 58.0 Å². The Bertz CT molecular complexity index is 1620. The number of amides is 1. The van der Waals surface area contributed by atoms with Crippen molar-refractivity contribution in [3.8, 4) is 11.3 Å². The molecule has 2 fully saturated rings. The van der Waals surface area contributed by atoms with Crippen LogP contribution in [-0.2, 0) is 9.53 Å². The van der Waals surface area contributed by atoms with Crippen LogP contribution in [0.25, 0.3) is 22.2 Å². The van der Waals surface area contributed by atoms with Gasteiger partial charge in [0.05, 0.1) is 42.6 Å². The number of benzene rings is 3. The zero-order valence-corrected chi connectivity index (χ0v) is 23.9. The number of hydrogen-bond donors (Lipinski definition) is 1. The first-order valence-corrected chi connectivity index (χ1v) is 15.3. The lowest BCUT2D eigenvalue weighted by Crippen LogP contribution is -2.46. The molecule has 0 radical (unpaired) electrons. The number of fused-ring (bicyclic) bond motifs is 5. The summed E-state index contributed by atoms with van der Waals surface area (Å²) in [6.45, 7) is 3.25. The van der Waals surface area contributed by atoms with E-state index in [1.807, 2.05) is 23.1 Å². The smallest absolute Gasteiger partial charge is 0.335 e. The number of carboxylic acids is 1. The SMILES string of the molecule is O=C(O)c1ccc2c(C3CCCCC3)c3n(c2c1)C(c1ccccc1)CN(CC(=O)N1CCOCC1)c1ccccc1-3. The van der Waals surface area contributed by atoms with E-state index in [-0.39, 0.29) is 18.5 Å². The average Bonchev–Trinajstić information content (AvgIpc) is 3.31. The van der Waals surface area contributed by atoms with Crippen molar-refractivity contribution in [2.24, 2.45) is 0 Å². The fraction of sp³-hybridized carbons (Fsp3) is 0.371. The van der Waals surface area contributed by atoms with Crippen molar-refractivity contribution in [2.75, 3.05) is 44.3 Å². The Kier molecular flexibility index (Phi) is 7.20. The number of aromatic nitrogens is 1. The molecule has 7 rings (SSSR count). The molecule has 0 bridgehead atoms. The van der Waals surface area contributed by atoms with Gasteiger partial charge in [0.25, 0.3) is 0 Å². The number of ether oxygens (including phenoxy) is 1. The van der Waals surface area contributed by atoms with Gasteiger partial charge in [0.15, 0.2) is 0 Å². The predicted octanol–water partition coefficient (Wildman–Crippen LogP) is 6.32. The summed E-state index contributed by atoms with van der Waals surface area (Å²) in [4.78, 5) is 30.0. The number of nitrogens with zero attached hydrogens (tertiary/aromatic N) is 3. The van der Waals surface area contributed by atoms with Crippen LogP contribution in [-0.4, -0.2) is 65.8 Å². The highest BCUT2D eigenvalue weighted by atomic mass is 16.5. The Hall–Kier alpha value is -4.10. The number of carbonyl (C=O) groups excluding carboxylic acids is 1. The molecule has 7 heteroatoms. The highest BCUT2D eigenvalue weighted by Gasteiger charge is 2.35. The largest absolute Gasteiger partial charge is 0.478 e. The molecule has 1 aliphatic carbocycles. The van der Waals surface area contributed by atoms with Crippen LogP contribution >= 0.6 is 0 Å². The van der Waals surface area contributed by atoms with Crippen molar-refractivity contribution in [2.45, 2.75) is 44.1 Å². The van der Waals surface area contributed by atoms with Crippen molar-refractivity contribution >= 4 is 28.5 Å². The van der Waals surface area contributed by atoms with Gasteiger partial charge in [-0.25, -0.2) is 4.79 Å². The van der Waals surface area contributed by atoms with E-state index in [4.69, 9.17) is 4.74 Å². The molecular formula is C35H37N3O4. The molecule has 1 amide bonds. The lowest BCUT2D eigenvalue weighted by atomic mass is 9.81. The molecular weight excluding hydrogens is 526 g/mol. The summed E-state index contributed by atoms with van der Waals surface area (Å²) >= 11 is 0. The number of anilines is 1. The Morgan fingerprint density at radius 1 is 0.881 bits per heavy atom. The number of morpholine rings is 1. The summed E-state index contributed by atoms with van der Waals surface area (Å²) in [5.41, 5.74) is 7.05. The zero-order chi connectivity index (χ0) is 28.6. The van der Waals surface area contributed by atoms with E-state index < -0.39 is 5.97 Å². The normalized spacial score (nSPS) is 19.3. The molecule has 7 nitrogen and oxygen atoms in total. The maximum Gasteiger partial charge on any atom is 0.335 e. The third-order valence-corrected chi connectivity index (χ3v) is 9.38. The third-order valence-electron chi connectivity index (χ3n) is 9.38. The van der Waals surface area contributed by atoms with Crippen LogP contribution in [0.1, 0.15) is 65.5 Å². The standard InChI is InChI=1S/C35H37N3O4/c39-32(36-17-19-42-20-18-36)23-37-22-31(24-9-3-1-4-10-24)38-30-21-26(35(40)41)15-16-27(30)33(25-11-5-2-6-12-25)34(38)28-13-7-8-14-29(28)37/h1,3-4,7-10,13-16,21,25,31H,2,5-6,11-12,17-20,22-23H2,(H,40,41). The molecule has 3 aliphatic rings. The first-order valence-electron chi connectivity index (χ1n) is 15.3. The number of rotatable bonds is 5. The highest BCUT2D eigenvalue weighted by Crippen LogP contribution is 2.50. The molecule has 0 spiro atoms. The first-order chi connectivity index (χ1) is 20.6. The van der Waals surface area contributed by atoms with Gasteiger partial charge in [-0.15, -0.1) is 0 Å². The number of hydrogen-bond acceptors (Lipinski definition) is 4. The lowest BCUT2D eigenvalue weighted by molar-refractivity contribution is -0.133. The first kappa shape index (κ1) is 26.8. The van der Waals surface area contributed by atoms with Gasteiger partial charge in [0.2, 0.25) is 5.91 Å². The second kappa shape index (κ2) is 11.3. The maximum absolute atomic E-state index is 13.6. The molecule has 1 saturated carbocycles. The van der Waals surface area contributed by atoms with Gasteiger partial charge in [-0.05, 0) is 48.1 Å². The monoisotopic (exact) mass is 563 g/mol. The summed E-state index contributed by atoms with van der Waals surface area (Å²) in [5.74, 6) is -0.411. The number of para-hydroxylation sites is 1. The molecule has 2 aliphatic heterocycles. The molecule has 3 aromatic carbocycles. The van der Waals surface area contributed by atoms with Gasteiger partial charge in [0, 0.05) is 36.3 Å². The summed E-state index contributed by atoms with van der Waals surface area (Å²) in [6.07, 6.45) is 5.92. The van der Waals surface area contributed by atoms with Gasteiger partial charge < -0.3 is 24.2 Å². The van der Waals surface area contributed by atoms with E-state index >= 15 is 0 Å². The average molecular weight is 564 g/mol. The summed E-state index contributed by atoms with van der Waals surface area (Å²) in [6, 6.07) is 24.5. The van der Waals surface area contributed by atoms with Gasteiger partial charge in [-0.1, -0.05) is 73.9 Å². The Morgan fingerprint density at radius 2 is 1.62 bits per heavy atom. The van der Waals surface area contributed by atoms with E-state index in [0.29, 0.717) is 44.3 Å². The van der Waals surface area contributed by atoms with Crippen molar-refractivity contribution in [1.82, 2.24) is 9.47 Å². The van der Waals surface area contributed by atoms with Crippen molar-refractivity contribution in [3.05, 3.63) is 89.5 Å². The summed E-state index contributed by atoms with van der Waals surface area (Å²) in [5, 5.41) is 11.1. The van der Waals surface area contributed by atoms with Crippen LogP contribution < -0.4 is 4.90 Å². The Balaban J connectivity index is 1.47. The maximum atomic E-state index is 13.6. The van der Waals surface area contributed by atoms with Gasteiger partial charge >= 0.3 is 5.97 Å². The fourth-order valence-corrected chi connectivity index (χ4v) is 7.37. The zero-order valence-electron chi connectivity index (χ0n) is 23.9. The van der Waals surface area contributed by atoms with Crippen LogP contribution in [0.2, 0.25) is 0 Å². The Labute approximate surface area is 246 Å². The van der Waals surface area contributed by atoms with Crippen molar-refractivity contribution in [3.63, 3.8) is 0 Å². The molecule has 1 atom stereocenters. The molecule has 42 heavy (non-hydrogen) atoms.